The van der Waals surface area contributed by atoms with Crippen LogP contribution < -0.4 is 9.80 Å². The van der Waals surface area contributed by atoms with Crippen molar-refractivity contribution in [1.29, 1.82) is 0 Å². The summed E-state index contributed by atoms with van der Waals surface area (Å²) in [6, 6.07) is 78.4. The highest BCUT2D eigenvalue weighted by Crippen LogP contribution is 2.46. The van der Waals surface area contributed by atoms with Gasteiger partial charge in [0.2, 0.25) is 0 Å². The van der Waals surface area contributed by atoms with E-state index in [1.165, 1.54) is 21.7 Å². The van der Waals surface area contributed by atoms with Crippen LogP contribution >= 0.6 is 0 Å². The van der Waals surface area contributed by atoms with Gasteiger partial charge in [-0.05, 0) is 134 Å². The minimum atomic E-state index is 0.231. The Bertz CT molecular complexity index is 2920. The second-order valence-corrected chi connectivity index (χ2v) is 14.3. The first kappa shape index (κ1) is 33.9. The lowest BCUT2D eigenvalue weighted by Gasteiger charge is -2.26. The highest BCUT2D eigenvalue weighted by molar-refractivity contribution is 6.24. The van der Waals surface area contributed by atoms with Gasteiger partial charge in [-0.3, -0.25) is 0 Å². The number of benzene rings is 10. The van der Waals surface area contributed by atoms with Gasteiger partial charge in [-0.15, -0.1) is 0 Å². The van der Waals surface area contributed by atoms with Crippen molar-refractivity contribution in [1.82, 2.24) is 0 Å². The van der Waals surface area contributed by atoms with Gasteiger partial charge in [-0.25, -0.2) is 0 Å². The third kappa shape index (κ3) is 6.22. The first-order chi connectivity index (χ1) is 28.2. The maximum absolute atomic E-state index is 11.9. The minimum absolute atomic E-state index is 0.231. The number of rotatable bonds is 8. The van der Waals surface area contributed by atoms with Crippen LogP contribution in [-0.2, 0) is 0 Å². The Hall–Kier alpha value is -7.62. The molecule has 0 unspecified atom stereocenters. The zero-order chi connectivity index (χ0) is 38.1. The van der Waals surface area contributed by atoms with Crippen molar-refractivity contribution in [2.45, 2.75) is 0 Å². The van der Waals surface area contributed by atoms with Crippen LogP contribution in [0.3, 0.4) is 0 Å². The van der Waals surface area contributed by atoms with Gasteiger partial charge in [0.05, 0.1) is 0 Å². The lowest BCUT2D eigenvalue weighted by molar-refractivity contribution is 0.477. The van der Waals surface area contributed by atoms with E-state index in [9.17, 15) is 5.11 Å². The molecular weight excluding hydrogens is 693 g/mol. The maximum Gasteiger partial charge on any atom is 0.125 e. The number of phenols is 1. The third-order valence-corrected chi connectivity index (χ3v) is 10.9. The Balaban J connectivity index is 1.10. The number of anilines is 6. The number of nitrogens with zero attached hydrogens (tertiary/aromatic N) is 2. The van der Waals surface area contributed by atoms with Crippen LogP contribution in [0.5, 0.6) is 5.75 Å². The topological polar surface area (TPSA) is 26.7 Å². The van der Waals surface area contributed by atoms with Gasteiger partial charge in [0.25, 0.3) is 0 Å². The molecule has 10 rings (SSSR count). The molecule has 0 amide bonds. The first-order valence-corrected chi connectivity index (χ1v) is 19.3. The summed E-state index contributed by atoms with van der Waals surface area (Å²) in [7, 11) is 0. The smallest absolute Gasteiger partial charge is 0.125 e. The van der Waals surface area contributed by atoms with E-state index in [1.54, 1.807) is 0 Å². The van der Waals surface area contributed by atoms with Crippen LogP contribution in [-0.4, -0.2) is 5.11 Å². The van der Waals surface area contributed by atoms with E-state index >= 15 is 0 Å². The molecular formula is C54H38N2O. The van der Waals surface area contributed by atoms with Gasteiger partial charge in [-0.1, -0.05) is 133 Å². The van der Waals surface area contributed by atoms with Crippen molar-refractivity contribution in [3.8, 4) is 28.0 Å². The van der Waals surface area contributed by atoms with Gasteiger partial charge >= 0.3 is 0 Å². The van der Waals surface area contributed by atoms with E-state index in [0.717, 1.165) is 67.0 Å². The minimum Gasteiger partial charge on any atom is -0.507 e. The summed E-state index contributed by atoms with van der Waals surface area (Å²) in [5.41, 5.74) is 10.4. The zero-order valence-electron chi connectivity index (χ0n) is 31.2. The lowest BCUT2D eigenvalue weighted by atomic mass is 9.87. The van der Waals surface area contributed by atoms with E-state index in [0.29, 0.717) is 0 Å². The molecule has 0 radical (unpaired) electrons. The van der Waals surface area contributed by atoms with Crippen LogP contribution in [0, 0.1) is 0 Å². The maximum atomic E-state index is 11.9. The van der Waals surface area contributed by atoms with Crippen molar-refractivity contribution in [3.63, 3.8) is 0 Å². The molecule has 270 valence electrons. The Labute approximate surface area is 332 Å². The van der Waals surface area contributed by atoms with Gasteiger partial charge in [0.15, 0.2) is 0 Å². The van der Waals surface area contributed by atoms with Crippen molar-refractivity contribution in [3.05, 3.63) is 224 Å². The molecule has 0 aromatic heterocycles. The SMILES string of the molecule is Oc1cc(N(c2ccccc2)c2ccccc2)ccc1-c1cc2c3ccccc3c(-c3ccc(N(c4ccccc4)c4ccccc4)cc3)cc2c2ccccc12. The highest BCUT2D eigenvalue weighted by atomic mass is 16.3. The Kier molecular flexibility index (Phi) is 8.66. The molecule has 10 aromatic rings. The Morgan fingerprint density at radius 1 is 0.246 bits per heavy atom. The normalized spacial score (nSPS) is 11.2. The average molecular weight is 731 g/mol. The van der Waals surface area contributed by atoms with Crippen molar-refractivity contribution in [2.75, 3.05) is 9.80 Å². The molecule has 0 saturated carbocycles. The molecule has 0 spiro atoms. The summed E-state index contributed by atoms with van der Waals surface area (Å²) >= 11 is 0. The molecule has 3 heteroatoms. The second-order valence-electron chi connectivity index (χ2n) is 14.3. The van der Waals surface area contributed by atoms with Crippen molar-refractivity contribution < 1.29 is 5.11 Å². The number of hydrogen-bond acceptors (Lipinski definition) is 3. The molecule has 1 N–H and O–H groups in total. The van der Waals surface area contributed by atoms with Crippen molar-refractivity contribution >= 4 is 66.4 Å². The molecule has 0 saturated heterocycles. The fraction of sp³-hybridized carbons (Fsp3) is 0. The third-order valence-electron chi connectivity index (χ3n) is 10.9. The molecule has 0 heterocycles. The van der Waals surface area contributed by atoms with Crippen molar-refractivity contribution in [2.24, 2.45) is 0 Å². The predicted molar refractivity (Wildman–Crippen MR) is 241 cm³/mol. The molecule has 0 fully saturated rings. The molecule has 0 aliphatic heterocycles. The molecule has 0 bridgehead atoms. The van der Waals surface area contributed by atoms with Gasteiger partial charge in [0, 0.05) is 45.8 Å². The molecule has 0 atom stereocenters. The standard InChI is InChI=1S/C54H38N2O/c57-54-35-44(56(41-21-9-3-10-22-41)42-23-11-4-12-24-42)33-34-49(54)51-37-53-46-26-14-13-25-45(46)50(36-52(53)48-28-16-15-27-47(48)51)38-29-31-43(32-30-38)55(39-17-5-1-6-18-39)40-19-7-2-8-20-40/h1-37,57H. The quantitative estimate of drug-likeness (QED) is 0.158. The fourth-order valence-electron chi connectivity index (χ4n) is 8.29. The zero-order valence-corrected chi connectivity index (χ0v) is 31.2. The molecule has 57 heavy (non-hydrogen) atoms. The highest BCUT2D eigenvalue weighted by Gasteiger charge is 2.19. The van der Waals surface area contributed by atoms with Crippen LogP contribution in [0.1, 0.15) is 0 Å². The number of para-hydroxylation sites is 4. The van der Waals surface area contributed by atoms with E-state index in [2.05, 4.69) is 192 Å². The van der Waals surface area contributed by atoms with E-state index in [1.807, 2.05) is 42.5 Å². The number of hydrogen-bond donors (Lipinski definition) is 1. The second kappa shape index (κ2) is 14.6. The van der Waals surface area contributed by atoms with Crippen LogP contribution in [0.4, 0.5) is 34.1 Å². The van der Waals surface area contributed by atoms with E-state index in [-0.39, 0.29) is 5.75 Å². The summed E-state index contributed by atoms with van der Waals surface area (Å²) in [6.07, 6.45) is 0. The van der Waals surface area contributed by atoms with Gasteiger partial charge in [0.1, 0.15) is 5.75 Å². The summed E-state index contributed by atoms with van der Waals surface area (Å²) in [4.78, 5) is 4.46. The fourth-order valence-corrected chi connectivity index (χ4v) is 8.29. The first-order valence-electron chi connectivity index (χ1n) is 19.3. The number of aromatic hydroxyl groups is 1. The van der Waals surface area contributed by atoms with E-state index in [4.69, 9.17) is 0 Å². The number of phenolic OH excluding ortho intramolecular Hbond substituents is 1. The number of fused-ring (bicyclic) bond motifs is 5. The predicted octanol–water partition coefficient (Wildman–Crippen LogP) is 15.1. The monoisotopic (exact) mass is 730 g/mol. The Morgan fingerprint density at radius 3 is 1.05 bits per heavy atom. The molecule has 10 aromatic carbocycles. The Morgan fingerprint density at radius 2 is 0.596 bits per heavy atom. The summed E-state index contributed by atoms with van der Waals surface area (Å²) in [5, 5.41) is 18.8. The summed E-state index contributed by atoms with van der Waals surface area (Å²) in [5.74, 6) is 0.231. The molecule has 3 nitrogen and oxygen atoms in total. The summed E-state index contributed by atoms with van der Waals surface area (Å²) < 4.78 is 0. The largest absolute Gasteiger partial charge is 0.507 e. The molecule has 0 aliphatic rings. The van der Waals surface area contributed by atoms with Gasteiger partial charge in [-0.2, -0.15) is 0 Å². The lowest BCUT2D eigenvalue weighted by Crippen LogP contribution is -2.09. The molecule has 0 aliphatic carbocycles. The average Bonchev–Trinajstić information content (AvgIpc) is 3.28. The van der Waals surface area contributed by atoms with Crippen LogP contribution in [0.2, 0.25) is 0 Å². The van der Waals surface area contributed by atoms with E-state index < -0.39 is 0 Å². The van der Waals surface area contributed by atoms with Crippen LogP contribution in [0.25, 0.3) is 54.6 Å². The summed E-state index contributed by atoms with van der Waals surface area (Å²) in [6.45, 7) is 0. The van der Waals surface area contributed by atoms with Crippen LogP contribution in [0.15, 0.2) is 224 Å². The van der Waals surface area contributed by atoms with Gasteiger partial charge < -0.3 is 14.9 Å².